The van der Waals surface area contributed by atoms with Gasteiger partial charge in [-0.1, -0.05) is 19.8 Å². The van der Waals surface area contributed by atoms with Crippen LogP contribution in [0.3, 0.4) is 0 Å². The largest absolute Gasteiger partial charge is 0.396 e. The predicted molar refractivity (Wildman–Crippen MR) is 38.3 cm³/mol. The maximum atomic E-state index is 8.88. The number of rotatable bonds is 4. The Morgan fingerprint density at radius 1 is 1.44 bits per heavy atom. The zero-order valence-corrected chi connectivity index (χ0v) is 6.19. The number of unbranched alkanes of at least 4 members (excludes halogenated alkanes) is 1. The molecule has 9 heavy (non-hydrogen) atoms. The van der Waals surface area contributed by atoms with E-state index >= 15 is 0 Å². The van der Waals surface area contributed by atoms with Crippen LogP contribution in [0, 0.1) is 5.41 Å². The molecule has 1 heteroatoms. The Kier molecular flexibility index (Phi) is 2.12. The molecule has 1 nitrogen and oxygen atoms in total. The summed E-state index contributed by atoms with van der Waals surface area (Å²) >= 11 is 0. The quantitative estimate of drug-likeness (QED) is 0.613. The minimum Gasteiger partial charge on any atom is -0.396 e. The molecule has 0 bridgehead atoms. The van der Waals surface area contributed by atoms with Crippen molar-refractivity contribution < 1.29 is 5.11 Å². The van der Waals surface area contributed by atoms with E-state index in [1.54, 1.807) is 0 Å². The van der Waals surface area contributed by atoms with Crippen molar-refractivity contribution in [3.8, 4) is 0 Å². The molecule has 0 heterocycles. The molecule has 1 saturated carbocycles. The van der Waals surface area contributed by atoms with Gasteiger partial charge in [0.1, 0.15) is 0 Å². The molecule has 0 aromatic carbocycles. The van der Waals surface area contributed by atoms with Crippen molar-refractivity contribution in [2.75, 3.05) is 6.61 Å². The first-order chi connectivity index (χ1) is 4.33. The minimum absolute atomic E-state index is 0.399. The highest BCUT2D eigenvalue weighted by Crippen LogP contribution is 2.49. The van der Waals surface area contributed by atoms with Crippen molar-refractivity contribution >= 4 is 0 Å². The van der Waals surface area contributed by atoms with Crippen LogP contribution in [0.4, 0.5) is 0 Å². The first kappa shape index (κ1) is 7.07. The third kappa shape index (κ3) is 1.68. The second-order valence-electron chi connectivity index (χ2n) is 3.26. The summed E-state index contributed by atoms with van der Waals surface area (Å²) in [5.74, 6) is 0. The summed E-state index contributed by atoms with van der Waals surface area (Å²) in [7, 11) is 0. The SMILES string of the molecule is CCCCC1(CO)CC1. The van der Waals surface area contributed by atoms with Crippen LogP contribution >= 0.6 is 0 Å². The van der Waals surface area contributed by atoms with Gasteiger partial charge < -0.3 is 5.11 Å². The summed E-state index contributed by atoms with van der Waals surface area (Å²) in [4.78, 5) is 0. The van der Waals surface area contributed by atoms with Gasteiger partial charge in [-0.15, -0.1) is 0 Å². The Labute approximate surface area is 57.1 Å². The van der Waals surface area contributed by atoms with E-state index in [9.17, 15) is 0 Å². The van der Waals surface area contributed by atoms with Gasteiger partial charge in [-0.3, -0.25) is 0 Å². The van der Waals surface area contributed by atoms with E-state index in [1.165, 1.54) is 32.1 Å². The van der Waals surface area contributed by atoms with Crippen molar-refractivity contribution in [1.29, 1.82) is 0 Å². The molecule has 0 saturated heterocycles. The van der Waals surface area contributed by atoms with Gasteiger partial charge in [-0.2, -0.15) is 0 Å². The van der Waals surface area contributed by atoms with Crippen LogP contribution in [0.2, 0.25) is 0 Å². The highest BCUT2D eigenvalue weighted by atomic mass is 16.3. The average molecular weight is 128 g/mol. The number of aliphatic hydroxyl groups excluding tert-OH is 1. The van der Waals surface area contributed by atoms with E-state index in [4.69, 9.17) is 5.11 Å². The molecule has 0 radical (unpaired) electrons. The second kappa shape index (κ2) is 2.70. The molecule has 0 aliphatic heterocycles. The lowest BCUT2D eigenvalue weighted by molar-refractivity contribution is 0.200. The minimum atomic E-state index is 0.399. The molecule has 0 unspecified atom stereocenters. The summed E-state index contributed by atoms with van der Waals surface area (Å²) < 4.78 is 0. The summed E-state index contributed by atoms with van der Waals surface area (Å²) in [5.41, 5.74) is 0.399. The van der Waals surface area contributed by atoms with Crippen LogP contribution in [-0.2, 0) is 0 Å². The molecule has 1 N–H and O–H groups in total. The Balaban J connectivity index is 2.10. The molecule has 0 spiro atoms. The fraction of sp³-hybridized carbons (Fsp3) is 1.00. The zero-order chi connectivity index (χ0) is 6.74. The van der Waals surface area contributed by atoms with Gasteiger partial charge in [0.05, 0.1) is 0 Å². The Hall–Kier alpha value is -0.0400. The van der Waals surface area contributed by atoms with E-state index in [-0.39, 0.29) is 0 Å². The number of hydrogen-bond acceptors (Lipinski definition) is 1. The first-order valence-electron chi connectivity index (χ1n) is 3.94. The van der Waals surface area contributed by atoms with Crippen LogP contribution in [0.1, 0.15) is 39.0 Å². The molecule has 54 valence electrons. The fourth-order valence-corrected chi connectivity index (χ4v) is 1.22. The third-order valence-electron chi connectivity index (χ3n) is 2.35. The van der Waals surface area contributed by atoms with Crippen molar-refractivity contribution in [1.82, 2.24) is 0 Å². The van der Waals surface area contributed by atoms with E-state index in [0.717, 1.165) is 0 Å². The topological polar surface area (TPSA) is 20.2 Å². The number of aliphatic hydroxyl groups is 1. The predicted octanol–water partition coefficient (Wildman–Crippen LogP) is 1.95. The van der Waals surface area contributed by atoms with Crippen LogP contribution in [0.25, 0.3) is 0 Å². The maximum Gasteiger partial charge on any atom is 0.0487 e. The van der Waals surface area contributed by atoms with Gasteiger partial charge in [0.2, 0.25) is 0 Å². The first-order valence-corrected chi connectivity index (χ1v) is 3.94. The van der Waals surface area contributed by atoms with Gasteiger partial charge in [0, 0.05) is 6.61 Å². The lowest BCUT2D eigenvalue weighted by atomic mass is 10.0. The maximum absolute atomic E-state index is 8.88. The van der Waals surface area contributed by atoms with Gasteiger partial charge in [-0.05, 0) is 24.7 Å². The lowest BCUT2D eigenvalue weighted by Crippen LogP contribution is -2.05. The standard InChI is InChI=1S/C8H16O/c1-2-3-4-8(7-9)5-6-8/h9H,2-7H2,1H3. The Morgan fingerprint density at radius 3 is 2.44 bits per heavy atom. The fourth-order valence-electron chi connectivity index (χ4n) is 1.22. The highest BCUT2D eigenvalue weighted by Gasteiger charge is 2.40. The second-order valence-corrected chi connectivity index (χ2v) is 3.26. The normalized spacial score (nSPS) is 22.0. The van der Waals surface area contributed by atoms with Gasteiger partial charge in [-0.25, -0.2) is 0 Å². The highest BCUT2D eigenvalue weighted by molar-refractivity contribution is 4.91. The van der Waals surface area contributed by atoms with Gasteiger partial charge >= 0.3 is 0 Å². The summed E-state index contributed by atoms with van der Waals surface area (Å²) in [6, 6.07) is 0. The van der Waals surface area contributed by atoms with Gasteiger partial charge in [0.25, 0.3) is 0 Å². The molecule has 1 aliphatic carbocycles. The van der Waals surface area contributed by atoms with E-state index in [1.807, 2.05) is 0 Å². The average Bonchev–Trinajstić information content (AvgIpc) is 2.65. The molecule has 1 rings (SSSR count). The van der Waals surface area contributed by atoms with Crippen LogP contribution in [0.5, 0.6) is 0 Å². The van der Waals surface area contributed by atoms with E-state index in [2.05, 4.69) is 6.92 Å². The number of hydrogen-bond donors (Lipinski definition) is 1. The molecule has 1 fully saturated rings. The summed E-state index contributed by atoms with van der Waals surface area (Å²) in [5, 5.41) is 8.88. The smallest absolute Gasteiger partial charge is 0.0487 e. The summed E-state index contributed by atoms with van der Waals surface area (Å²) in [6.45, 7) is 2.63. The molecular formula is C8H16O. The molecule has 1 aliphatic rings. The Bertz CT molecular complexity index is 84.6. The third-order valence-corrected chi connectivity index (χ3v) is 2.35. The molecule has 0 aromatic heterocycles. The zero-order valence-electron chi connectivity index (χ0n) is 6.19. The lowest BCUT2D eigenvalue weighted by Gasteiger charge is -2.08. The van der Waals surface area contributed by atoms with Crippen molar-refractivity contribution in [2.24, 2.45) is 5.41 Å². The molecule has 0 atom stereocenters. The van der Waals surface area contributed by atoms with Crippen molar-refractivity contribution in [2.45, 2.75) is 39.0 Å². The van der Waals surface area contributed by atoms with Gasteiger partial charge in [0.15, 0.2) is 0 Å². The van der Waals surface area contributed by atoms with Crippen LogP contribution in [0.15, 0.2) is 0 Å². The van der Waals surface area contributed by atoms with E-state index in [0.29, 0.717) is 12.0 Å². The van der Waals surface area contributed by atoms with Crippen LogP contribution < -0.4 is 0 Å². The molecule has 0 amide bonds. The van der Waals surface area contributed by atoms with E-state index < -0.39 is 0 Å². The molecular weight excluding hydrogens is 112 g/mol. The monoisotopic (exact) mass is 128 g/mol. The van der Waals surface area contributed by atoms with Crippen molar-refractivity contribution in [3.63, 3.8) is 0 Å². The molecule has 0 aromatic rings. The van der Waals surface area contributed by atoms with Crippen molar-refractivity contribution in [3.05, 3.63) is 0 Å². The summed E-state index contributed by atoms with van der Waals surface area (Å²) in [6.07, 6.45) is 6.34. The van der Waals surface area contributed by atoms with Crippen LogP contribution in [-0.4, -0.2) is 11.7 Å². The Morgan fingerprint density at radius 2 is 2.11 bits per heavy atom.